The number of carbonyl (C=O) groups is 1. The van der Waals surface area contributed by atoms with Crippen LogP contribution in [-0.4, -0.2) is 45.4 Å². The molecule has 0 spiro atoms. The first-order chi connectivity index (χ1) is 14.3. The number of hydrogen-bond donors (Lipinski definition) is 2. The molecule has 0 fully saturated rings. The molecule has 2 aromatic rings. The van der Waals surface area contributed by atoms with E-state index in [0.29, 0.717) is 17.1 Å². The van der Waals surface area contributed by atoms with Crippen LogP contribution in [0.15, 0.2) is 53.4 Å². The first-order valence-electron chi connectivity index (χ1n) is 9.63. The molecule has 160 valence electrons. The van der Waals surface area contributed by atoms with E-state index in [4.69, 9.17) is 18.0 Å². The van der Waals surface area contributed by atoms with E-state index in [9.17, 15) is 13.2 Å². The molecule has 8 heteroatoms. The minimum absolute atomic E-state index is 0.0476. The SMILES string of the molecule is C#CCNS(=O)(=O)c1ccc(C(=O)NCC(c2ccccc2Cl)N(CC)CC)cc1. The van der Waals surface area contributed by atoms with E-state index < -0.39 is 10.0 Å². The first kappa shape index (κ1) is 23.9. The first-order valence-corrected chi connectivity index (χ1v) is 11.5. The zero-order chi connectivity index (χ0) is 22.1. The van der Waals surface area contributed by atoms with Crippen LogP contribution in [0.2, 0.25) is 5.02 Å². The minimum atomic E-state index is -3.69. The van der Waals surface area contributed by atoms with Crippen molar-refractivity contribution in [2.45, 2.75) is 24.8 Å². The van der Waals surface area contributed by atoms with Gasteiger partial charge in [-0.2, -0.15) is 4.72 Å². The predicted molar refractivity (Wildman–Crippen MR) is 120 cm³/mol. The van der Waals surface area contributed by atoms with Gasteiger partial charge < -0.3 is 5.32 Å². The average Bonchev–Trinajstić information content (AvgIpc) is 2.76. The fourth-order valence-electron chi connectivity index (χ4n) is 3.14. The van der Waals surface area contributed by atoms with Crippen LogP contribution in [0.5, 0.6) is 0 Å². The molecule has 6 nitrogen and oxygen atoms in total. The van der Waals surface area contributed by atoms with Crippen molar-refractivity contribution in [2.24, 2.45) is 0 Å². The number of nitrogens with one attached hydrogen (secondary N) is 2. The van der Waals surface area contributed by atoms with Gasteiger partial charge in [0.05, 0.1) is 17.5 Å². The monoisotopic (exact) mass is 447 g/mol. The molecule has 2 N–H and O–H groups in total. The Balaban J connectivity index is 2.14. The van der Waals surface area contributed by atoms with Crippen LogP contribution in [0.3, 0.4) is 0 Å². The Hall–Kier alpha value is -2.37. The molecule has 1 atom stereocenters. The summed E-state index contributed by atoms with van der Waals surface area (Å²) < 4.78 is 26.5. The molecule has 2 rings (SSSR count). The Morgan fingerprint density at radius 1 is 1.13 bits per heavy atom. The predicted octanol–water partition coefficient (Wildman–Crippen LogP) is 3.06. The number of halogens is 1. The third-order valence-corrected chi connectivity index (χ3v) is 6.53. The maximum atomic E-state index is 12.6. The van der Waals surface area contributed by atoms with Gasteiger partial charge in [0.2, 0.25) is 10.0 Å². The Labute approximate surface area is 183 Å². The average molecular weight is 448 g/mol. The third-order valence-electron chi connectivity index (χ3n) is 4.76. The van der Waals surface area contributed by atoms with Gasteiger partial charge in [-0.3, -0.25) is 9.69 Å². The summed E-state index contributed by atoms with van der Waals surface area (Å²) in [6, 6.07) is 13.2. The highest BCUT2D eigenvalue weighted by Gasteiger charge is 2.21. The number of hydrogen-bond acceptors (Lipinski definition) is 4. The van der Waals surface area contributed by atoms with Gasteiger partial charge in [0.1, 0.15) is 0 Å². The molecule has 2 aromatic carbocycles. The van der Waals surface area contributed by atoms with Crippen molar-refractivity contribution >= 4 is 27.5 Å². The zero-order valence-corrected chi connectivity index (χ0v) is 18.6. The summed E-state index contributed by atoms with van der Waals surface area (Å²) in [5, 5.41) is 3.59. The van der Waals surface area contributed by atoms with Gasteiger partial charge in [0.15, 0.2) is 0 Å². The highest BCUT2D eigenvalue weighted by atomic mass is 35.5. The second-order valence-electron chi connectivity index (χ2n) is 6.52. The molecule has 30 heavy (non-hydrogen) atoms. The lowest BCUT2D eigenvalue weighted by Gasteiger charge is -2.31. The molecule has 0 aliphatic carbocycles. The van der Waals surface area contributed by atoms with E-state index in [1.807, 2.05) is 24.3 Å². The van der Waals surface area contributed by atoms with Crippen molar-refractivity contribution in [3.63, 3.8) is 0 Å². The maximum Gasteiger partial charge on any atom is 0.251 e. The molecular formula is C22H26ClN3O3S. The molecule has 0 aliphatic rings. The van der Waals surface area contributed by atoms with Crippen molar-refractivity contribution in [2.75, 3.05) is 26.2 Å². The van der Waals surface area contributed by atoms with Gasteiger partial charge in [-0.25, -0.2) is 8.42 Å². The van der Waals surface area contributed by atoms with Crippen molar-refractivity contribution in [1.82, 2.24) is 14.9 Å². The third kappa shape index (κ3) is 6.07. The Kier molecular flexibility index (Phi) is 8.88. The van der Waals surface area contributed by atoms with Crippen LogP contribution in [0, 0.1) is 12.3 Å². The van der Waals surface area contributed by atoms with Crippen LogP contribution in [-0.2, 0) is 10.0 Å². The number of carbonyl (C=O) groups excluding carboxylic acids is 1. The van der Waals surface area contributed by atoms with Gasteiger partial charge in [-0.05, 0) is 49.0 Å². The molecule has 0 heterocycles. The summed E-state index contributed by atoms with van der Waals surface area (Å²) in [4.78, 5) is 14.9. The highest BCUT2D eigenvalue weighted by Crippen LogP contribution is 2.27. The Bertz CT molecular complexity index is 997. The maximum absolute atomic E-state index is 12.6. The van der Waals surface area contributed by atoms with Gasteiger partial charge in [-0.1, -0.05) is 49.6 Å². The molecule has 0 radical (unpaired) electrons. The van der Waals surface area contributed by atoms with Gasteiger partial charge in [0, 0.05) is 17.1 Å². The number of nitrogens with zero attached hydrogens (tertiary/aromatic N) is 1. The van der Waals surface area contributed by atoms with Crippen molar-refractivity contribution < 1.29 is 13.2 Å². The lowest BCUT2D eigenvalue weighted by atomic mass is 10.0. The molecule has 0 saturated carbocycles. The summed E-state index contributed by atoms with van der Waals surface area (Å²) in [7, 11) is -3.69. The number of terminal acetylenes is 1. The Morgan fingerprint density at radius 3 is 2.33 bits per heavy atom. The van der Waals surface area contributed by atoms with Crippen LogP contribution < -0.4 is 10.0 Å². The number of benzene rings is 2. The van der Waals surface area contributed by atoms with Gasteiger partial charge in [0.25, 0.3) is 5.91 Å². The van der Waals surface area contributed by atoms with E-state index in [1.165, 1.54) is 24.3 Å². The number of rotatable bonds is 10. The molecule has 1 unspecified atom stereocenters. The Morgan fingerprint density at radius 2 is 1.77 bits per heavy atom. The molecule has 1 amide bonds. The summed E-state index contributed by atoms with van der Waals surface area (Å²) in [6.45, 7) is 6.00. The fraction of sp³-hybridized carbons (Fsp3) is 0.318. The van der Waals surface area contributed by atoms with E-state index in [2.05, 4.69) is 34.7 Å². The van der Waals surface area contributed by atoms with Crippen LogP contribution in [0.1, 0.15) is 35.8 Å². The molecule has 0 bridgehead atoms. The quantitative estimate of drug-likeness (QED) is 0.549. The largest absolute Gasteiger partial charge is 0.350 e. The van der Waals surface area contributed by atoms with Gasteiger partial charge in [-0.15, -0.1) is 6.42 Å². The van der Waals surface area contributed by atoms with Crippen LogP contribution in [0.4, 0.5) is 0 Å². The molecule has 0 saturated heterocycles. The zero-order valence-electron chi connectivity index (χ0n) is 17.1. The standard InChI is InChI=1S/C22H26ClN3O3S/c1-4-15-25-30(28,29)18-13-11-17(12-14-18)22(27)24-16-21(26(5-2)6-3)19-9-7-8-10-20(19)23/h1,7-14,21,25H,5-6,15-16H2,2-3H3,(H,24,27). The topological polar surface area (TPSA) is 78.5 Å². The fourth-order valence-corrected chi connectivity index (χ4v) is 4.34. The van der Waals surface area contributed by atoms with E-state index in [0.717, 1.165) is 18.7 Å². The van der Waals surface area contributed by atoms with Crippen molar-refractivity contribution in [1.29, 1.82) is 0 Å². The number of amides is 1. The lowest BCUT2D eigenvalue weighted by molar-refractivity contribution is 0.0935. The van der Waals surface area contributed by atoms with E-state index >= 15 is 0 Å². The molecular weight excluding hydrogens is 422 g/mol. The minimum Gasteiger partial charge on any atom is -0.350 e. The second-order valence-corrected chi connectivity index (χ2v) is 8.70. The normalized spacial score (nSPS) is 12.4. The van der Waals surface area contributed by atoms with Crippen molar-refractivity contribution in [3.05, 3.63) is 64.7 Å². The van der Waals surface area contributed by atoms with Crippen LogP contribution >= 0.6 is 11.6 Å². The summed E-state index contributed by atoms with van der Waals surface area (Å²) in [5.41, 5.74) is 1.31. The molecule has 0 aliphatic heterocycles. The summed E-state index contributed by atoms with van der Waals surface area (Å²) >= 11 is 6.39. The van der Waals surface area contributed by atoms with E-state index in [-0.39, 0.29) is 23.4 Å². The smallest absolute Gasteiger partial charge is 0.251 e. The summed E-state index contributed by atoms with van der Waals surface area (Å²) in [5.74, 6) is 1.93. The summed E-state index contributed by atoms with van der Waals surface area (Å²) in [6.07, 6.45) is 5.09. The lowest BCUT2D eigenvalue weighted by Crippen LogP contribution is -2.38. The number of sulfonamides is 1. The van der Waals surface area contributed by atoms with Gasteiger partial charge >= 0.3 is 0 Å². The van der Waals surface area contributed by atoms with E-state index in [1.54, 1.807) is 0 Å². The van der Waals surface area contributed by atoms with Crippen molar-refractivity contribution in [3.8, 4) is 12.3 Å². The number of likely N-dealkylation sites (N-methyl/N-ethyl adjacent to an activating group) is 1. The molecule has 0 aromatic heterocycles. The highest BCUT2D eigenvalue weighted by molar-refractivity contribution is 7.89. The second kappa shape index (κ2) is 11.1. The van der Waals surface area contributed by atoms with Crippen LogP contribution in [0.25, 0.3) is 0 Å².